The van der Waals surface area contributed by atoms with Crippen molar-refractivity contribution in [3.05, 3.63) is 53.0 Å². The standard InChI is InChI=1S/C22H23BrN4O2/c1-2-29-22-20(25-18-10-3-4-11-19(18)26-22)27-12-6-7-15(14-27)21(28)24-17-9-5-8-16(23)13-17/h3-5,8-11,13,15H,2,6-7,12,14H2,1H3,(H,24,28)/t15-/m1/s1. The monoisotopic (exact) mass is 454 g/mol. The molecule has 0 bridgehead atoms. The lowest BCUT2D eigenvalue weighted by atomic mass is 9.97. The van der Waals surface area contributed by atoms with E-state index in [4.69, 9.17) is 9.72 Å². The van der Waals surface area contributed by atoms with Gasteiger partial charge in [0.05, 0.1) is 23.6 Å². The fourth-order valence-electron chi connectivity index (χ4n) is 3.61. The summed E-state index contributed by atoms with van der Waals surface area (Å²) >= 11 is 3.44. The Hall–Kier alpha value is -2.67. The molecule has 1 saturated heterocycles. The lowest BCUT2D eigenvalue weighted by molar-refractivity contribution is -0.120. The molecule has 2 aromatic carbocycles. The number of nitrogens with one attached hydrogen (secondary N) is 1. The van der Waals surface area contributed by atoms with Gasteiger partial charge in [0.1, 0.15) is 0 Å². The summed E-state index contributed by atoms with van der Waals surface area (Å²) in [4.78, 5) is 24.4. The van der Waals surface area contributed by atoms with Crippen LogP contribution >= 0.6 is 15.9 Å². The van der Waals surface area contributed by atoms with Crippen LogP contribution in [-0.2, 0) is 4.79 Å². The molecule has 0 radical (unpaired) electrons. The van der Waals surface area contributed by atoms with Crippen molar-refractivity contribution < 1.29 is 9.53 Å². The van der Waals surface area contributed by atoms with Crippen molar-refractivity contribution in [1.82, 2.24) is 9.97 Å². The summed E-state index contributed by atoms with van der Waals surface area (Å²) in [5.74, 6) is 1.15. The maximum atomic E-state index is 12.9. The first kappa shape index (κ1) is 19.6. The van der Waals surface area contributed by atoms with Gasteiger partial charge in [0.2, 0.25) is 5.91 Å². The topological polar surface area (TPSA) is 67.4 Å². The average Bonchev–Trinajstić information content (AvgIpc) is 2.73. The fourth-order valence-corrected chi connectivity index (χ4v) is 4.01. The third kappa shape index (κ3) is 4.50. The Kier molecular flexibility index (Phi) is 5.94. The third-order valence-corrected chi connectivity index (χ3v) is 5.48. The van der Waals surface area contributed by atoms with Crippen molar-refractivity contribution in [3.8, 4) is 5.88 Å². The average molecular weight is 455 g/mol. The van der Waals surface area contributed by atoms with Crippen LogP contribution in [0.3, 0.4) is 0 Å². The second-order valence-electron chi connectivity index (χ2n) is 7.06. The summed E-state index contributed by atoms with van der Waals surface area (Å²) in [5, 5.41) is 3.03. The number of ether oxygens (including phenoxy) is 1. The number of anilines is 2. The van der Waals surface area contributed by atoms with Gasteiger partial charge >= 0.3 is 0 Å². The van der Waals surface area contributed by atoms with E-state index in [-0.39, 0.29) is 11.8 Å². The summed E-state index contributed by atoms with van der Waals surface area (Å²) in [6.45, 7) is 3.87. The summed E-state index contributed by atoms with van der Waals surface area (Å²) < 4.78 is 6.72. The van der Waals surface area contributed by atoms with E-state index in [1.165, 1.54) is 0 Å². The summed E-state index contributed by atoms with van der Waals surface area (Å²) in [5.41, 5.74) is 2.43. The molecule has 1 amide bonds. The Morgan fingerprint density at radius 2 is 2.00 bits per heavy atom. The number of hydrogen-bond acceptors (Lipinski definition) is 5. The lowest BCUT2D eigenvalue weighted by Crippen LogP contribution is -2.41. The molecular formula is C22H23BrN4O2. The molecule has 1 atom stereocenters. The maximum absolute atomic E-state index is 12.9. The molecule has 7 heteroatoms. The molecule has 0 saturated carbocycles. The summed E-state index contributed by atoms with van der Waals surface area (Å²) in [6, 6.07) is 15.4. The van der Waals surface area contributed by atoms with E-state index in [1.54, 1.807) is 0 Å². The first-order valence-corrected chi connectivity index (χ1v) is 10.6. The van der Waals surface area contributed by atoms with Gasteiger partial charge in [0, 0.05) is 23.2 Å². The first-order valence-electron chi connectivity index (χ1n) is 9.85. The number of rotatable bonds is 5. The van der Waals surface area contributed by atoms with E-state index in [9.17, 15) is 4.79 Å². The van der Waals surface area contributed by atoms with Gasteiger partial charge < -0.3 is 15.0 Å². The van der Waals surface area contributed by atoms with Gasteiger partial charge in [-0.1, -0.05) is 34.1 Å². The zero-order chi connectivity index (χ0) is 20.2. The number of nitrogens with zero attached hydrogens (tertiary/aromatic N) is 3. The number of carbonyl (C=O) groups is 1. The first-order chi connectivity index (χ1) is 14.1. The van der Waals surface area contributed by atoms with E-state index in [1.807, 2.05) is 55.5 Å². The van der Waals surface area contributed by atoms with Crippen molar-refractivity contribution in [2.75, 3.05) is 29.9 Å². The number of benzene rings is 2. The molecule has 0 spiro atoms. The highest BCUT2D eigenvalue weighted by Gasteiger charge is 2.29. The Labute approximate surface area is 178 Å². The van der Waals surface area contributed by atoms with E-state index in [0.29, 0.717) is 24.8 Å². The van der Waals surface area contributed by atoms with Gasteiger partial charge in [-0.25, -0.2) is 9.97 Å². The molecular weight excluding hydrogens is 432 g/mol. The number of carbonyl (C=O) groups excluding carboxylic acids is 1. The highest BCUT2D eigenvalue weighted by Crippen LogP contribution is 2.31. The van der Waals surface area contributed by atoms with Crippen LogP contribution in [0.2, 0.25) is 0 Å². The van der Waals surface area contributed by atoms with Gasteiger partial charge in [0.15, 0.2) is 5.82 Å². The second kappa shape index (κ2) is 8.78. The maximum Gasteiger partial charge on any atom is 0.258 e. The van der Waals surface area contributed by atoms with E-state index < -0.39 is 0 Å². The Morgan fingerprint density at radius 3 is 2.76 bits per heavy atom. The summed E-state index contributed by atoms with van der Waals surface area (Å²) in [7, 11) is 0. The second-order valence-corrected chi connectivity index (χ2v) is 7.97. The van der Waals surface area contributed by atoms with Crippen LogP contribution in [0.1, 0.15) is 19.8 Å². The SMILES string of the molecule is CCOc1nc2ccccc2nc1N1CCC[C@@H](C(=O)Nc2cccc(Br)c2)C1. The van der Waals surface area contributed by atoms with Gasteiger partial charge in [-0.05, 0) is 50.1 Å². The number of piperidine rings is 1. The zero-order valence-electron chi connectivity index (χ0n) is 16.3. The minimum atomic E-state index is -0.120. The largest absolute Gasteiger partial charge is 0.475 e. The van der Waals surface area contributed by atoms with Gasteiger partial charge in [-0.15, -0.1) is 0 Å². The van der Waals surface area contributed by atoms with Gasteiger partial charge in [-0.3, -0.25) is 4.79 Å². The molecule has 1 N–H and O–H groups in total. The van der Waals surface area contributed by atoms with Crippen LogP contribution < -0.4 is 15.0 Å². The van der Waals surface area contributed by atoms with Crippen LogP contribution in [0.5, 0.6) is 5.88 Å². The molecule has 6 nitrogen and oxygen atoms in total. The number of aromatic nitrogens is 2. The third-order valence-electron chi connectivity index (χ3n) is 4.99. The van der Waals surface area contributed by atoms with Gasteiger partial charge in [-0.2, -0.15) is 0 Å². The lowest BCUT2D eigenvalue weighted by Gasteiger charge is -2.33. The summed E-state index contributed by atoms with van der Waals surface area (Å²) in [6.07, 6.45) is 1.76. The molecule has 1 aliphatic heterocycles. The molecule has 3 aromatic rings. The smallest absolute Gasteiger partial charge is 0.258 e. The molecule has 29 heavy (non-hydrogen) atoms. The predicted molar refractivity (Wildman–Crippen MR) is 118 cm³/mol. The number of halogens is 1. The Morgan fingerprint density at radius 1 is 1.21 bits per heavy atom. The minimum absolute atomic E-state index is 0.0273. The van der Waals surface area contributed by atoms with Crippen LogP contribution in [0.4, 0.5) is 11.5 Å². The normalized spacial score (nSPS) is 16.6. The quantitative estimate of drug-likeness (QED) is 0.607. The zero-order valence-corrected chi connectivity index (χ0v) is 17.9. The van der Waals surface area contributed by atoms with Crippen LogP contribution in [0.25, 0.3) is 11.0 Å². The molecule has 4 rings (SSSR count). The molecule has 1 fully saturated rings. The number of hydrogen-bond donors (Lipinski definition) is 1. The number of amides is 1. The van der Waals surface area contributed by atoms with Gasteiger partial charge in [0.25, 0.3) is 5.88 Å². The minimum Gasteiger partial charge on any atom is -0.475 e. The van der Waals surface area contributed by atoms with E-state index >= 15 is 0 Å². The molecule has 2 heterocycles. The number of para-hydroxylation sites is 2. The fraction of sp³-hybridized carbons (Fsp3) is 0.318. The van der Waals surface area contributed by atoms with Crippen molar-refractivity contribution in [2.24, 2.45) is 5.92 Å². The van der Waals surface area contributed by atoms with Crippen molar-refractivity contribution in [3.63, 3.8) is 0 Å². The van der Waals surface area contributed by atoms with Crippen molar-refractivity contribution in [1.29, 1.82) is 0 Å². The predicted octanol–water partition coefficient (Wildman–Crippen LogP) is 4.65. The Bertz CT molecular complexity index is 1030. The Balaban J connectivity index is 1.56. The molecule has 0 aliphatic carbocycles. The van der Waals surface area contributed by atoms with Crippen molar-refractivity contribution >= 4 is 44.4 Å². The van der Waals surface area contributed by atoms with Crippen LogP contribution in [-0.4, -0.2) is 35.6 Å². The van der Waals surface area contributed by atoms with Crippen molar-refractivity contribution in [2.45, 2.75) is 19.8 Å². The van der Waals surface area contributed by atoms with E-state index in [2.05, 4.69) is 31.1 Å². The molecule has 0 unspecified atom stereocenters. The highest BCUT2D eigenvalue weighted by atomic mass is 79.9. The van der Waals surface area contributed by atoms with E-state index in [0.717, 1.165) is 40.6 Å². The van der Waals surface area contributed by atoms with Crippen LogP contribution in [0, 0.1) is 5.92 Å². The number of fused-ring (bicyclic) bond motifs is 1. The van der Waals surface area contributed by atoms with Crippen LogP contribution in [0.15, 0.2) is 53.0 Å². The molecule has 1 aromatic heterocycles. The molecule has 150 valence electrons. The molecule has 1 aliphatic rings. The highest BCUT2D eigenvalue weighted by molar-refractivity contribution is 9.10.